The number of imidazole rings is 1. The Balaban J connectivity index is 0.00000136. The van der Waals surface area contributed by atoms with E-state index in [1.165, 1.54) is 17.4 Å². The largest absolute Gasteiger partial charge is 0.369 e. The number of hydrogen-bond donors (Lipinski definition) is 1. The maximum Gasteiger partial charge on any atom is 0.258 e. The second-order valence-electron chi connectivity index (χ2n) is 7.98. The summed E-state index contributed by atoms with van der Waals surface area (Å²) in [6.45, 7) is 6.17. The van der Waals surface area contributed by atoms with E-state index >= 15 is 0 Å². The number of amides is 1. The highest BCUT2D eigenvalue weighted by Crippen LogP contribution is 2.34. The van der Waals surface area contributed by atoms with Gasteiger partial charge in [-0.1, -0.05) is 36.0 Å². The van der Waals surface area contributed by atoms with Crippen molar-refractivity contribution in [2.24, 2.45) is 0 Å². The van der Waals surface area contributed by atoms with Crippen molar-refractivity contribution in [2.75, 3.05) is 44.2 Å². The van der Waals surface area contributed by atoms with E-state index in [4.69, 9.17) is 0 Å². The molecule has 0 saturated carbocycles. The van der Waals surface area contributed by atoms with Gasteiger partial charge in [-0.2, -0.15) is 0 Å². The molecule has 1 fully saturated rings. The fraction of sp³-hybridized carbons (Fsp3) is 0.333. The Hall–Kier alpha value is -1.90. The van der Waals surface area contributed by atoms with Crippen molar-refractivity contribution in [1.29, 1.82) is 0 Å². The number of carbonyl (C=O) groups is 1. The monoisotopic (exact) mass is 541 g/mol. The van der Waals surface area contributed by atoms with Gasteiger partial charge in [0.1, 0.15) is 5.65 Å². The number of benzene rings is 1. The molecule has 2 aromatic heterocycles. The van der Waals surface area contributed by atoms with Crippen LogP contribution >= 0.6 is 49.0 Å². The van der Waals surface area contributed by atoms with Crippen molar-refractivity contribution in [3.8, 4) is 0 Å². The minimum absolute atomic E-state index is 0. The van der Waals surface area contributed by atoms with Crippen LogP contribution in [0.3, 0.4) is 0 Å². The highest BCUT2D eigenvalue weighted by atomic mass is 35.5. The normalized spacial score (nSPS) is 14.9. The summed E-state index contributed by atoms with van der Waals surface area (Å²) in [6, 6.07) is 16.6. The Morgan fingerprint density at radius 3 is 2.47 bits per heavy atom. The number of halogens is 3. The minimum atomic E-state index is 0. The van der Waals surface area contributed by atoms with Crippen LogP contribution in [0.5, 0.6) is 0 Å². The van der Waals surface area contributed by atoms with Crippen molar-refractivity contribution in [2.45, 2.75) is 17.9 Å². The van der Waals surface area contributed by atoms with Crippen LogP contribution in [-0.2, 0) is 4.79 Å². The molecule has 34 heavy (non-hydrogen) atoms. The van der Waals surface area contributed by atoms with Crippen molar-refractivity contribution in [3.05, 3.63) is 65.3 Å². The Morgan fingerprint density at radius 1 is 0.941 bits per heavy atom. The first-order valence-electron chi connectivity index (χ1n) is 10.9. The second-order valence-corrected chi connectivity index (χ2v) is 9.04. The van der Waals surface area contributed by atoms with E-state index in [9.17, 15) is 4.79 Å². The summed E-state index contributed by atoms with van der Waals surface area (Å²) < 4.78 is 2.08. The van der Waals surface area contributed by atoms with E-state index in [1.807, 2.05) is 30.5 Å². The van der Waals surface area contributed by atoms with Crippen molar-refractivity contribution >= 4 is 72.3 Å². The number of unbranched alkanes of at least 4 members (excludes halogenated alkanes) is 1. The number of nitrogens with one attached hydrogen (secondary N) is 1. The number of thioether (sulfide) groups is 1. The van der Waals surface area contributed by atoms with Gasteiger partial charge >= 0.3 is 0 Å². The zero-order valence-electron chi connectivity index (χ0n) is 18.8. The number of piperazine rings is 1. The van der Waals surface area contributed by atoms with E-state index in [1.54, 1.807) is 0 Å². The van der Waals surface area contributed by atoms with E-state index in [2.05, 4.69) is 54.8 Å². The smallest absolute Gasteiger partial charge is 0.258 e. The lowest BCUT2D eigenvalue weighted by Gasteiger charge is -2.36. The third kappa shape index (κ3) is 6.40. The van der Waals surface area contributed by atoms with Crippen molar-refractivity contribution in [3.63, 3.8) is 0 Å². The zero-order valence-corrected chi connectivity index (χ0v) is 22.0. The first-order valence-corrected chi connectivity index (χ1v) is 11.8. The fourth-order valence-corrected chi connectivity index (χ4v) is 5.22. The SMILES string of the molecule is Cl.Cl.Cl.O=C(NCCCCN1CCN(c2ccccc2)CC1)C1=Cc2cnc3cccc(n23)S1. The molecule has 10 heteroatoms. The summed E-state index contributed by atoms with van der Waals surface area (Å²) in [5.74, 6) is 0.00549. The van der Waals surface area contributed by atoms with E-state index < -0.39 is 0 Å². The summed E-state index contributed by atoms with van der Waals surface area (Å²) in [5, 5.41) is 4.12. The molecule has 0 unspecified atom stereocenters. The molecular weight excluding hydrogens is 513 g/mol. The Labute approximate surface area is 223 Å². The number of para-hydroxylation sites is 1. The molecule has 1 saturated heterocycles. The number of rotatable bonds is 7. The van der Waals surface area contributed by atoms with Gasteiger partial charge in [-0.15, -0.1) is 37.2 Å². The summed E-state index contributed by atoms with van der Waals surface area (Å²) in [6.07, 6.45) is 5.85. The fourth-order valence-electron chi connectivity index (χ4n) is 4.22. The average Bonchev–Trinajstić information content (AvgIpc) is 3.24. The topological polar surface area (TPSA) is 52.9 Å². The summed E-state index contributed by atoms with van der Waals surface area (Å²) in [5.41, 5.74) is 3.20. The van der Waals surface area contributed by atoms with Crippen LogP contribution in [-0.4, -0.2) is 59.5 Å². The molecule has 4 heterocycles. The predicted octanol–water partition coefficient (Wildman–Crippen LogP) is 4.76. The molecule has 6 nitrogen and oxygen atoms in total. The minimum Gasteiger partial charge on any atom is -0.369 e. The van der Waals surface area contributed by atoms with Crippen LogP contribution in [0, 0.1) is 0 Å². The van der Waals surface area contributed by atoms with Gasteiger partial charge < -0.3 is 10.2 Å². The summed E-state index contributed by atoms with van der Waals surface area (Å²) in [7, 11) is 0. The lowest BCUT2D eigenvalue weighted by Crippen LogP contribution is -2.46. The van der Waals surface area contributed by atoms with Gasteiger partial charge in [0.25, 0.3) is 5.91 Å². The third-order valence-electron chi connectivity index (χ3n) is 5.92. The van der Waals surface area contributed by atoms with Crippen LogP contribution < -0.4 is 10.2 Å². The van der Waals surface area contributed by atoms with Gasteiger partial charge in [0.15, 0.2) is 0 Å². The Morgan fingerprint density at radius 2 is 1.71 bits per heavy atom. The highest BCUT2D eigenvalue weighted by molar-refractivity contribution is 8.04. The molecule has 1 amide bonds. The molecule has 2 aliphatic rings. The molecule has 3 aromatic rings. The molecule has 0 radical (unpaired) electrons. The Kier molecular flexibility index (Phi) is 11.1. The average molecular weight is 543 g/mol. The molecule has 2 aliphatic heterocycles. The lowest BCUT2D eigenvalue weighted by molar-refractivity contribution is -0.116. The van der Waals surface area contributed by atoms with Gasteiger partial charge in [-0.3, -0.25) is 14.1 Å². The van der Waals surface area contributed by atoms with E-state index in [0.717, 1.165) is 66.8 Å². The maximum absolute atomic E-state index is 12.6. The zero-order chi connectivity index (χ0) is 21.0. The molecule has 0 aliphatic carbocycles. The number of aromatic nitrogens is 2. The standard InChI is InChI=1S/C24H27N5OS.3ClH/c30-24(21-17-20-18-26-22-9-6-10-23(31-21)29(20)22)25-11-4-5-12-27-13-15-28(16-14-27)19-7-2-1-3-8-19;;;/h1-3,6-10,17-18H,4-5,11-16H2,(H,25,30);3*1H. The first-order chi connectivity index (χ1) is 15.3. The van der Waals surface area contributed by atoms with E-state index in [-0.39, 0.29) is 43.1 Å². The van der Waals surface area contributed by atoms with Gasteiger partial charge in [-0.05, 0) is 49.7 Å². The molecule has 1 N–H and O–H groups in total. The lowest BCUT2D eigenvalue weighted by atomic mass is 10.2. The van der Waals surface area contributed by atoms with Gasteiger partial charge in [0, 0.05) is 38.4 Å². The number of pyridine rings is 1. The number of carbonyl (C=O) groups excluding carboxylic acids is 1. The molecule has 184 valence electrons. The van der Waals surface area contributed by atoms with Crippen molar-refractivity contribution < 1.29 is 4.79 Å². The van der Waals surface area contributed by atoms with Crippen LogP contribution in [0.15, 0.2) is 64.7 Å². The van der Waals surface area contributed by atoms with E-state index in [0.29, 0.717) is 6.54 Å². The molecular formula is C24H30Cl3N5OS. The molecule has 0 atom stereocenters. The second kappa shape index (κ2) is 13.3. The number of nitrogens with zero attached hydrogens (tertiary/aromatic N) is 4. The quantitative estimate of drug-likeness (QED) is 0.436. The predicted molar refractivity (Wildman–Crippen MR) is 148 cm³/mol. The molecule has 0 spiro atoms. The Bertz CT molecular complexity index is 1100. The third-order valence-corrected chi connectivity index (χ3v) is 6.97. The van der Waals surface area contributed by atoms with Crippen LogP contribution in [0.25, 0.3) is 11.7 Å². The number of hydrogen-bond acceptors (Lipinski definition) is 5. The highest BCUT2D eigenvalue weighted by Gasteiger charge is 2.20. The van der Waals surface area contributed by atoms with Gasteiger partial charge in [0.2, 0.25) is 0 Å². The first kappa shape index (κ1) is 28.3. The molecule has 1 aromatic carbocycles. The molecule has 5 rings (SSSR count). The van der Waals surface area contributed by atoms with Gasteiger partial charge in [-0.25, -0.2) is 4.98 Å². The summed E-state index contributed by atoms with van der Waals surface area (Å²) >= 11 is 1.51. The van der Waals surface area contributed by atoms with Crippen LogP contribution in [0.1, 0.15) is 18.5 Å². The number of anilines is 1. The molecule has 0 bridgehead atoms. The van der Waals surface area contributed by atoms with Gasteiger partial charge in [0.05, 0.1) is 21.8 Å². The maximum atomic E-state index is 12.6. The van der Waals surface area contributed by atoms with Crippen LogP contribution in [0.2, 0.25) is 0 Å². The summed E-state index contributed by atoms with van der Waals surface area (Å²) in [4.78, 5) is 22.8. The van der Waals surface area contributed by atoms with Crippen LogP contribution in [0.4, 0.5) is 5.69 Å². The van der Waals surface area contributed by atoms with Crippen molar-refractivity contribution in [1.82, 2.24) is 19.6 Å².